The average molecular weight is 519 g/mol. The normalized spacial score (nSPS) is 13.8. The fourth-order valence-electron chi connectivity index (χ4n) is 3.84. The highest BCUT2D eigenvalue weighted by molar-refractivity contribution is 5.74. The van der Waals surface area contributed by atoms with Crippen molar-refractivity contribution >= 4 is 12.0 Å². The Bertz CT molecular complexity index is 1120. The topological polar surface area (TPSA) is 111 Å². The lowest BCUT2D eigenvalue weighted by molar-refractivity contribution is -0.157. The van der Waals surface area contributed by atoms with Gasteiger partial charge >= 0.3 is 11.7 Å². The van der Waals surface area contributed by atoms with E-state index in [1.54, 1.807) is 39.0 Å². The van der Waals surface area contributed by atoms with E-state index < -0.39 is 35.3 Å². The van der Waals surface area contributed by atoms with Crippen LogP contribution in [0.2, 0.25) is 0 Å². The molecule has 0 aliphatic carbocycles. The van der Waals surface area contributed by atoms with Gasteiger partial charge in [-0.3, -0.25) is 9.36 Å². The first kappa shape index (κ1) is 30.3. The molecule has 0 fully saturated rings. The number of nitrogens with zero attached hydrogens (tertiary/aromatic N) is 2. The van der Waals surface area contributed by atoms with Crippen LogP contribution in [0.1, 0.15) is 71.6 Å². The van der Waals surface area contributed by atoms with E-state index in [-0.39, 0.29) is 31.9 Å². The van der Waals surface area contributed by atoms with E-state index in [1.165, 1.54) is 22.8 Å². The number of hydrogen-bond donors (Lipinski definition) is 2. The van der Waals surface area contributed by atoms with Crippen molar-refractivity contribution in [2.45, 2.75) is 84.7 Å². The van der Waals surface area contributed by atoms with Crippen molar-refractivity contribution in [3.8, 4) is 11.3 Å². The number of esters is 1. The summed E-state index contributed by atoms with van der Waals surface area (Å²) in [5.41, 5.74) is 1.14. The van der Waals surface area contributed by atoms with Gasteiger partial charge < -0.3 is 19.7 Å². The minimum absolute atomic E-state index is 0.0873. The van der Waals surface area contributed by atoms with Gasteiger partial charge in [0.15, 0.2) is 0 Å². The lowest BCUT2D eigenvalue weighted by Crippen LogP contribution is -2.29. The molecule has 0 amide bonds. The number of aliphatic hydroxyl groups is 2. The highest BCUT2D eigenvalue weighted by Crippen LogP contribution is 2.29. The first-order chi connectivity index (χ1) is 17.3. The first-order valence-corrected chi connectivity index (χ1v) is 12.6. The lowest BCUT2D eigenvalue weighted by atomic mass is 9.96. The van der Waals surface area contributed by atoms with Crippen LogP contribution in [0.3, 0.4) is 0 Å². The summed E-state index contributed by atoms with van der Waals surface area (Å²) in [6, 6.07) is 5.81. The Morgan fingerprint density at radius 1 is 1.19 bits per heavy atom. The van der Waals surface area contributed by atoms with Gasteiger partial charge in [0.05, 0.1) is 43.2 Å². The van der Waals surface area contributed by atoms with Crippen LogP contribution in [0, 0.1) is 5.82 Å². The molecule has 204 valence electrons. The van der Waals surface area contributed by atoms with Gasteiger partial charge in [-0.2, -0.15) is 4.98 Å². The number of hydrogen-bond acceptors (Lipinski definition) is 7. The van der Waals surface area contributed by atoms with Crippen molar-refractivity contribution in [3.05, 3.63) is 57.9 Å². The molecule has 1 aromatic carbocycles. The molecule has 8 nitrogen and oxygen atoms in total. The maximum Gasteiger partial charge on any atom is 0.348 e. The molecule has 0 unspecified atom stereocenters. The average Bonchev–Trinajstić information content (AvgIpc) is 2.77. The number of carbonyl (C=O) groups excluding carboxylic acids is 1. The van der Waals surface area contributed by atoms with Gasteiger partial charge in [-0.15, -0.1) is 0 Å². The van der Waals surface area contributed by atoms with E-state index in [4.69, 9.17) is 9.47 Å². The Morgan fingerprint density at radius 2 is 1.84 bits per heavy atom. The van der Waals surface area contributed by atoms with Crippen molar-refractivity contribution < 1.29 is 28.9 Å². The second-order valence-corrected chi connectivity index (χ2v) is 10.2. The smallest absolute Gasteiger partial charge is 0.348 e. The molecule has 0 saturated carbocycles. The van der Waals surface area contributed by atoms with Gasteiger partial charge in [0.2, 0.25) is 0 Å². The summed E-state index contributed by atoms with van der Waals surface area (Å²) in [6.07, 6.45) is 0.630. The second-order valence-electron chi connectivity index (χ2n) is 10.2. The molecule has 0 bridgehead atoms. The fraction of sp³-hybridized carbons (Fsp3) is 0.536. The molecule has 0 radical (unpaired) electrons. The third-order valence-corrected chi connectivity index (χ3v) is 5.40. The summed E-state index contributed by atoms with van der Waals surface area (Å²) in [5.74, 6) is -1.08. The Morgan fingerprint density at radius 3 is 2.41 bits per heavy atom. The lowest BCUT2D eigenvalue weighted by Gasteiger charge is -2.21. The van der Waals surface area contributed by atoms with Gasteiger partial charge in [-0.1, -0.05) is 26.0 Å². The van der Waals surface area contributed by atoms with Crippen LogP contribution >= 0.6 is 0 Å². The van der Waals surface area contributed by atoms with Crippen molar-refractivity contribution in [1.29, 1.82) is 0 Å². The third kappa shape index (κ3) is 9.50. The fourth-order valence-corrected chi connectivity index (χ4v) is 3.84. The predicted molar refractivity (Wildman–Crippen MR) is 141 cm³/mol. The van der Waals surface area contributed by atoms with Crippen LogP contribution in [-0.2, 0) is 20.8 Å². The van der Waals surface area contributed by atoms with Crippen LogP contribution in [0.25, 0.3) is 17.3 Å². The summed E-state index contributed by atoms with van der Waals surface area (Å²) in [5, 5.41) is 20.9. The van der Waals surface area contributed by atoms with Crippen molar-refractivity contribution in [1.82, 2.24) is 9.55 Å². The standard InChI is InChI=1S/C28H39FN2O6/c1-7-36-15-14-31-26(19-8-10-20(29)11-9-19)23(25(18(2)3)30-27(31)35)13-12-21(32)16-22(33)17-24(34)37-28(4,5)6/h8-13,18,21-22,32-33H,7,14-17H2,1-6H3/b13-12+/t21-,22-/m1/s1. The number of rotatable bonds is 12. The maximum absolute atomic E-state index is 13.7. The molecular formula is C28H39FN2O6. The number of halogens is 1. The predicted octanol–water partition coefficient (Wildman–Crippen LogP) is 4.07. The van der Waals surface area contributed by atoms with Gasteiger partial charge in [-0.05, 0) is 63.4 Å². The zero-order valence-corrected chi connectivity index (χ0v) is 22.5. The van der Waals surface area contributed by atoms with Crippen LogP contribution in [-0.4, -0.2) is 56.8 Å². The summed E-state index contributed by atoms with van der Waals surface area (Å²) in [6.45, 7) is 11.9. The van der Waals surface area contributed by atoms with Crippen LogP contribution in [0.5, 0.6) is 0 Å². The Kier molecular flexibility index (Phi) is 11.2. The molecular weight excluding hydrogens is 479 g/mol. The van der Waals surface area contributed by atoms with Gasteiger partial charge in [0, 0.05) is 18.6 Å². The molecule has 9 heteroatoms. The summed E-state index contributed by atoms with van der Waals surface area (Å²) in [7, 11) is 0. The summed E-state index contributed by atoms with van der Waals surface area (Å²) < 4.78 is 25.9. The summed E-state index contributed by atoms with van der Waals surface area (Å²) >= 11 is 0. The van der Waals surface area contributed by atoms with E-state index in [0.29, 0.717) is 29.1 Å². The zero-order chi connectivity index (χ0) is 27.8. The molecule has 2 rings (SSSR count). The largest absolute Gasteiger partial charge is 0.460 e. The molecule has 0 aliphatic rings. The van der Waals surface area contributed by atoms with E-state index in [1.807, 2.05) is 20.8 Å². The van der Waals surface area contributed by atoms with Gasteiger partial charge in [0.1, 0.15) is 11.4 Å². The van der Waals surface area contributed by atoms with Gasteiger partial charge in [-0.25, -0.2) is 9.18 Å². The minimum atomic E-state index is -1.10. The highest BCUT2D eigenvalue weighted by Gasteiger charge is 2.22. The molecule has 2 N–H and O–H groups in total. The van der Waals surface area contributed by atoms with E-state index in [9.17, 15) is 24.2 Å². The maximum atomic E-state index is 13.7. The van der Waals surface area contributed by atoms with Gasteiger partial charge in [0.25, 0.3) is 0 Å². The molecule has 0 spiro atoms. The minimum Gasteiger partial charge on any atom is -0.460 e. The third-order valence-electron chi connectivity index (χ3n) is 5.40. The SMILES string of the molecule is CCOCCn1c(-c2ccc(F)cc2)c(/C=C/[C@@H](O)C[C@@H](O)CC(=O)OC(C)(C)C)c(C(C)C)nc1=O. The quantitative estimate of drug-likeness (QED) is 0.322. The number of aliphatic hydroxyl groups excluding tert-OH is 2. The number of benzene rings is 1. The van der Waals surface area contributed by atoms with Crippen molar-refractivity contribution in [3.63, 3.8) is 0 Å². The molecule has 0 saturated heterocycles. The van der Waals surface area contributed by atoms with Crippen molar-refractivity contribution in [2.24, 2.45) is 0 Å². The molecule has 1 aromatic heterocycles. The number of carbonyl (C=O) groups is 1. The molecule has 37 heavy (non-hydrogen) atoms. The van der Waals surface area contributed by atoms with Crippen LogP contribution in [0.4, 0.5) is 4.39 Å². The Hall–Kier alpha value is -2.88. The highest BCUT2D eigenvalue weighted by atomic mass is 19.1. The van der Waals surface area contributed by atoms with Crippen LogP contribution < -0.4 is 5.69 Å². The second kappa shape index (κ2) is 13.6. The van der Waals surface area contributed by atoms with Crippen LogP contribution in [0.15, 0.2) is 35.1 Å². The molecule has 2 aromatic rings. The summed E-state index contributed by atoms with van der Waals surface area (Å²) in [4.78, 5) is 29.3. The zero-order valence-electron chi connectivity index (χ0n) is 22.5. The van der Waals surface area contributed by atoms with E-state index in [0.717, 1.165) is 0 Å². The monoisotopic (exact) mass is 518 g/mol. The number of aromatic nitrogens is 2. The molecule has 1 heterocycles. The van der Waals surface area contributed by atoms with Crippen molar-refractivity contribution in [2.75, 3.05) is 13.2 Å². The van der Waals surface area contributed by atoms with E-state index in [2.05, 4.69) is 4.98 Å². The molecule has 0 aliphatic heterocycles. The van der Waals surface area contributed by atoms with E-state index >= 15 is 0 Å². The Balaban J connectivity index is 2.44. The molecule has 2 atom stereocenters. The number of ether oxygens (including phenoxy) is 2. The Labute approximate surface area is 217 Å². The first-order valence-electron chi connectivity index (χ1n) is 12.6.